The van der Waals surface area contributed by atoms with Gasteiger partial charge in [0.25, 0.3) is 5.91 Å². The third kappa shape index (κ3) is 3.63. The number of aromatic nitrogens is 3. The molecular weight excluding hydrogens is 378 g/mol. The van der Waals surface area contributed by atoms with Crippen molar-refractivity contribution in [3.63, 3.8) is 0 Å². The zero-order valence-corrected chi connectivity index (χ0v) is 17.9. The van der Waals surface area contributed by atoms with E-state index in [1.165, 1.54) is 0 Å². The van der Waals surface area contributed by atoms with E-state index in [1.54, 1.807) is 11.6 Å². The summed E-state index contributed by atoms with van der Waals surface area (Å²) in [7, 11) is 1.80. The van der Waals surface area contributed by atoms with Gasteiger partial charge in [0.2, 0.25) is 5.95 Å². The second kappa shape index (κ2) is 8.02. The van der Waals surface area contributed by atoms with Crippen molar-refractivity contribution in [2.24, 2.45) is 18.5 Å². The van der Waals surface area contributed by atoms with Crippen LogP contribution in [0.25, 0.3) is 10.9 Å². The van der Waals surface area contributed by atoms with E-state index in [9.17, 15) is 4.79 Å². The third-order valence-corrected chi connectivity index (χ3v) is 6.03. The van der Waals surface area contributed by atoms with Gasteiger partial charge in [0, 0.05) is 42.4 Å². The zero-order valence-electron chi connectivity index (χ0n) is 17.9. The number of hydrogen-bond acceptors (Lipinski definition) is 5. The summed E-state index contributed by atoms with van der Waals surface area (Å²) < 4.78 is 3.93. The van der Waals surface area contributed by atoms with Gasteiger partial charge in [-0.25, -0.2) is 0 Å². The summed E-state index contributed by atoms with van der Waals surface area (Å²) >= 11 is 0. The van der Waals surface area contributed by atoms with Crippen LogP contribution in [0.2, 0.25) is 0 Å². The Labute approximate surface area is 176 Å². The average Bonchev–Trinajstić information content (AvgIpc) is 3.26. The molecule has 1 amide bonds. The number of benzene rings is 1. The molecule has 8 heteroatoms. The lowest BCUT2D eigenvalue weighted by Crippen LogP contribution is -2.43. The normalized spacial score (nSPS) is 19.4. The fourth-order valence-corrected chi connectivity index (χ4v) is 4.38. The van der Waals surface area contributed by atoms with Gasteiger partial charge >= 0.3 is 0 Å². The molecule has 1 fully saturated rings. The molecule has 3 aromatic rings. The molecule has 2 aromatic heterocycles. The van der Waals surface area contributed by atoms with Crippen molar-refractivity contribution < 1.29 is 4.79 Å². The lowest BCUT2D eigenvalue weighted by Gasteiger charge is -2.29. The molecular formula is C22H31N7O. The van der Waals surface area contributed by atoms with Gasteiger partial charge in [-0.3, -0.25) is 4.79 Å². The highest BCUT2D eigenvalue weighted by molar-refractivity contribution is 6.00. The fourth-order valence-electron chi connectivity index (χ4n) is 4.38. The maximum absolute atomic E-state index is 12.2. The number of fused-ring (bicyclic) bond motifs is 1. The van der Waals surface area contributed by atoms with Crippen molar-refractivity contribution in [1.29, 1.82) is 0 Å². The molecule has 0 radical (unpaired) electrons. The highest BCUT2D eigenvalue weighted by Gasteiger charge is 2.26. The molecule has 1 aromatic carbocycles. The van der Waals surface area contributed by atoms with Crippen LogP contribution in [-0.2, 0) is 7.05 Å². The van der Waals surface area contributed by atoms with Gasteiger partial charge in [-0.05, 0) is 44.9 Å². The lowest BCUT2D eigenvalue weighted by atomic mass is 9.91. The van der Waals surface area contributed by atoms with Crippen LogP contribution in [-0.4, -0.2) is 32.1 Å². The zero-order chi connectivity index (χ0) is 21.4. The number of nitrogens with one attached hydrogen (secondary N) is 2. The molecule has 0 aliphatic heterocycles. The number of hydrogen-bond donors (Lipinski definition) is 4. The Kier molecular flexibility index (Phi) is 5.42. The predicted octanol–water partition coefficient (Wildman–Crippen LogP) is 3.48. The molecule has 0 saturated heterocycles. The summed E-state index contributed by atoms with van der Waals surface area (Å²) in [4.78, 5) is 16.9. The molecule has 0 unspecified atom stereocenters. The van der Waals surface area contributed by atoms with Gasteiger partial charge in [0.05, 0.1) is 5.52 Å². The minimum Gasteiger partial charge on any atom is -0.364 e. The van der Waals surface area contributed by atoms with Crippen molar-refractivity contribution in [3.8, 4) is 0 Å². The first-order chi connectivity index (χ1) is 14.4. The van der Waals surface area contributed by atoms with Crippen LogP contribution < -0.4 is 22.1 Å². The van der Waals surface area contributed by atoms with Gasteiger partial charge in [-0.15, -0.1) is 0 Å². The Morgan fingerprint density at radius 3 is 2.70 bits per heavy atom. The van der Waals surface area contributed by atoms with Crippen LogP contribution >= 0.6 is 0 Å². The summed E-state index contributed by atoms with van der Waals surface area (Å²) in [6.07, 6.45) is 6.35. The van der Waals surface area contributed by atoms with Crippen molar-refractivity contribution in [2.45, 2.75) is 57.7 Å². The van der Waals surface area contributed by atoms with Crippen LogP contribution in [0.5, 0.6) is 0 Å². The molecule has 1 aliphatic rings. The number of anilines is 3. The molecule has 2 heterocycles. The minimum absolute atomic E-state index is 0.0773. The number of amides is 1. The predicted molar refractivity (Wildman–Crippen MR) is 121 cm³/mol. The molecule has 1 aliphatic carbocycles. The monoisotopic (exact) mass is 409 g/mol. The number of rotatable bonds is 6. The second-order valence-corrected chi connectivity index (χ2v) is 8.44. The van der Waals surface area contributed by atoms with Crippen LogP contribution in [0, 0.1) is 0 Å². The minimum atomic E-state index is -0.527. The first-order valence-electron chi connectivity index (χ1n) is 10.6. The topological polar surface area (TPSA) is 116 Å². The van der Waals surface area contributed by atoms with Crippen LogP contribution in [0.4, 0.5) is 17.5 Å². The summed E-state index contributed by atoms with van der Waals surface area (Å²) in [5.41, 5.74) is 14.3. The molecule has 1 saturated carbocycles. The first kappa shape index (κ1) is 20.3. The maximum Gasteiger partial charge on any atom is 0.269 e. The molecule has 0 bridgehead atoms. The SMILES string of the molecule is CC(C)n1ccc2c(Nc3nc(N[C@@H]4CCCC[C@@H]4N)n(C)c3C(N)=O)cccc21. The number of nitrogens with zero attached hydrogens (tertiary/aromatic N) is 3. The largest absolute Gasteiger partial charge is 0.364 e. The first-order valence-corrected chi connectivity index (χ1v) is 10.6. The smallest absolute Gasteiger partial charge is 0.269 e. The van der Waals surface area contributed by atoms with Crippen molar-refractivity contribution >= 4 is 34.3 Å². The molecule has 2 atom stereocenters. The molecule has 160 valence electrons. The number of primary amides is 1. The summed E-state index contributed by atoms with van der Waals surface area (Å²) in [6, 6.07) is 8.71. The fraction of sp³-hybridized carbons (Fsp3) is 0.455. The van der Waals surface area contributed by atoms with Gasteiger partial charge in [0.15, 0.2) is 11.5 Å². The highest BCUT2D eigenvalue weighted by atomic mass is 16.1. The third-order valence-electron chi connectivity index (χ3n) is 6.03. The Hall–Kier alpha value is -3.00. The van der Waals surface area contributed by atoms with Gasteiger partial charge in [-0.1, -0.05) is 18.9 Å². The number of carbonyl (C=O) groups excluding carboxylic acids is 1. The van der Waals surface area contributed by atoms with E-state index in [1.807, 2.05) is 12.1 Å². The molecule has 6 N–H and O–H groups in total. The maximum atomic E-state index is 12.2. The Bertz CT molecular complexity index is 1070. The highest BCUT2D eigenvalue weighted by Crippen LogP contribution is 2.31. The molecule has 4 rings (SSSR count). The Morgan fingerprint density at radius 1 is 1.23 bits per heavy atom. The van der Waals surface area contributed by atoms with Crippen molar-refractivity contribution in [3.05, 3.63) is 36.2 Å². The number of imidazole rings is 1. The van der Waals surface area contributed by atoms with Crippen LogP contribution in [0.15, 0.2) is 30.5 Å². The number of nitrogens with two attached hydrogens (primary N) is 2. The Balaban J connectivity index is 1.69. The van der Waals surface area contributed by atoms with Crippen molar-refractivity contribution in [2.75, 3.05) is 10.6 Å². The average molecular weight is 410 g/mol. The van der Waals surface area contributed by atoms with E-state index in [2.05, 4.69) is 52.4 Å². The summed E-state index contributed by atoms with van der Waals surface area (Å²) in [6.45, 7) is 4.30. The van der Waals surface area contributed by atoms with Gasteiger partial charge in [0.1, 0.15) is 0 Å². The summed E-state index contributed by atoms with van der Waals surface area (Å²) in [5, 5.41) is 7.84. The molecule has 0 spiro atoms. The van der Waals surface area contributed by atoms with Crippen LogP contribution in [0.3, 0.4) is 0 Å². The van der Waals surface area contributed by atoms with E-state index in [-0.39, 0.29) is 12.1 Å². The van der Waals surface area contributed by atoms with E-state index in [4.69, 9.17) is 11.5 Å². The molecule has 8 nitrogen and oxygen atoms in total. The standard InChI is InChI=1S/C22H31N7O/c1-13(2)29-12-11-14-16(9-6-10-18(14)29)25-21-19(20(24)30)28(3)22(27-21)26-17-8-5-4-7-15(17)23/h6,9-13,15,17,25H,4-5,7-8,23H2,1-3H3,(H2,24,30)(H,26,27)/t15-,17+/m0/s1. The second-order valence-electron chi connectivity index (χ2n) is 8.44. The Morgan fingerprint density at radius 2 is 2.00 bits per heavy atom. The van der Waals surface area contributed by atoms with E-state index >= 15 is 0 Å². The number of carbonyl (C=O) groups is 1. The summed E-state index contributed by atoms with van der Waals surface area (Å²) in [5.74, 6) is 0.516. The van der Waals surface area contributed by atoms with Gasteiger partial charge in [-0.2, -0.15) is 4.98 Å². The van der Waals surface area contributed by atoms with E-state index in [0.29, 0.717) is 23.5 Å². The van der Waals surface area contributed by atoms with E-state index < -0.39 is 5.91 Å². The van der Waals surface area contributed by atoms with Crippen LogP contribution in [0.1, 0.15) is 56.1 Å². The van der Waals surface area contributed by atoms with Crippen molar-refractivity contribution in [1.82, 2.24) is 14.1 Å². The van der Waals surface area contributed by atoms with Gasteiger partial charge < -0.3 is 31.2 Å². The molecule has 30 heavy (non-hydrogen) atoms. The quantitative estimate of drug-likeness (QED) is 0.497. The lowest BCUT2D eigenvalue weighted by molar-refractivity contribution is 0.0993. The van der Waals surface area contributed by atoms with E-state index in [0.717, 1.165) is 42.3 Å².